The van der Waals surface area contributed by atoms with E-state index in [4.69, 9.17) is 4.74 Å². The summed E-state index contributed by atoms with van der Waals surface area (Å²) in [5.41, 5.74) is 2.06. The number of aromatic nitrogens is 1. The molecule has 1 aliphatic heterocycles. The van der Waals surface area contributed by atoms with E-state index in [-0.39, 0.29) is 12.0 Å². The topological polar surface area (TPSA) is 45.9 Å². The van der Waals surface area contributed by atoms with E-state index in [1.54, 1.807) is 6.20 Å². The monoisotopic (exact) mass is 238 g/mol. The predicted octanol–water partition coefficient (Wildman–Crippen LogP) is 3.23. The molecule has 0 bridgehead atoms. The maximum Gasteiger partial charge on any atom is 0.0983 e. The van der Waals surface area contributed by atoms with Gasteiger partial charge in [0.15, 0.2) is 0 Å². The fourth-order valence-corrected chi connectivity index (χ4v) is 2.51. The van der Waals surface area contributed by atoms with Crippen LogP contribution in [0.1, 0.15) is 24.5 Å². The third-order valence-corrected chi connectivity index (χ3v) is 3.44. The number of nitrogens with zero attached hydrogens (tertiary/aromatic N) is 2. The summed E-state index contributed by atoms with van der Waals surface area (Å²) >= 11 is 0. The van der Waals surface area contributed by atoms with Crippen LogP contribution in [0.15, 0.2) is 36.5 Å². The second kappa shape index (κ2) is 4.75. The number of nitriles is 1. The van der Waals surface area contributed by atoms with Crippen LogP contribution in [0.3, 0.4) is 0 Å². The Bertz CT molecular complexity index is 603. The molecule has 0 N–H and O–H groups in total. The molecule has 1 saturated heterocycles. The predicted molar refractivity (Wildman–Crippen MR) is 68.8 cm³/mol. The zero-order valence-corrected chi connectivity index (χ0v) is 10.0. The number of pyridine rings is 1. The van der Waals surface area contributed by atoms with Gasteiger partial charge in [0.05, 0.1) is 23.6 Å². The first kappa shape index (κ1) is 11.2. The van der Waals surface area contributed by atoms with E-state index in [1.165, 1.54) is 0 Å². The van der Waals surface area contributed by atoms with Crippen molar-refractivity contribution in [1.29, 1.82) is 5.26 Å². The van der Waals surface area contributed by atoms with Crippen molar-refractivity contribution in [3.63, 3.8) is 0 Å². The van der Waals surface area contributed by atoms with Gasteiger partial charge in [-0.15, -0.1) is 0 Å². The first-order chi connectivity index (χ1) is 8.88. The number of hydrogen-bond acceptors (Lipinski definition) is 3. The summed E-state index contributed by atoms with van der Waals surface area (Å²) in [6.45, 7) is 0.744. The van der Waals surface area contributed by atoms with Gasteiger partial charge in [0.1, 0.15) is 0 Å². The average Bonchev–Trinajstić information content (AvgIpc) is 2.46. The summed E-state index contributed by atoms with van der Waals surface area (Å²) in [6, 6.07) is 12.4. The third kappa shape index (κ3) is 1.96. The molecule has 18 heavy (non-hydrogen) atoms. The van der Waals surface area contributed by atoms with Crippen LogP contribution in [-0.2, 0) is 4.74 Å². The molecule has 3 heteroatoms. The van der Waals surface area contributed by atoms with Gasteiger partial charge >= 0.3 is 0 Å². The second-order valence-corrected chi connectivity index (χ2v) is 4.62. The van der Waals surface area contributed by atoms with E-state index in [1.807, 2.05) is 24.3 Å². The largest absolute Gasteiger partial charge is 0.372 e. The Balaban J connectivity index is 2.00. The second-order valence-electron chi connectivity index (χ2n) is 4.62. The minimum Gasteiger partial charge on any atom is -0.372 e. The van der Waals surface area contributed by atoms with Gasteiger partial charge in [0.25, 0.3) is 0 Å². The molecule has 2 atom stereocenters. The summed E-state index contributed by atoms with van der Waals surface area (Å²) in [5, 5.41) is 10.3. The molecular weight excluding hydrogens is 224 g/mol. The molecule has 3 rings (SSSR count). The van der Waals surface area contributed by atoms with E-state index in [9.17, 15) is 5.26 Å². The third-order valence-electron chi connectivity index (χ3n) is 3.44. The van der Waals surface area contributed by atoms with E-state index >= 15 is 0 Å². The quantitative estimate of drug-likeness (QED) is 0.766. The molecule has 0 saturated carbocycles. The molecule has 0 aliphatic carbocycles. The molecule has 0 spiro atoms. The van der Waals surface area contributed by atoms with Crippen molar-refractivity contribution in [3.8, 4) is 6.07 Å². The normalized spacial score (nSPS) is 23.7. The van der Waals surface area contributed by atoms with Crippen LogP contribution in [0.2, 0.25) is 0 Å². The molecule has 2 unspecified atom stereocenters. The molecule has 2 aromatic rings. The molecule has 1 aliphatic rings. The van der Waals surface area contributed by atoms with E-state index in [0.717, 1.165) is 35.9 Å². The lowest BCUT2D eigenvalue weighted by Gasteiger charge is -2.27. The average molecular weight is 238 g/mol. The summed E-state index contributed by atoms with van der Waals surface area (Å²) in [4.78, 5) is 4.30. The molecule has 0 amide bonds. The van der Waals surface area contributed by atoms with E-state index in [0.29, 0.717) is 0 Å². The lowest BCUT2D eigenvalue weighted by Crippen LogP contribution is -2.21. The fourth-order valence-electron chi connectivity index (χ4n) is 2.51. The number of benzene rings is 1. The van der Waals surface area contributed by atoms with Gasteiger partial charge in [-0.2, -0.15) is 5.26 Å². The molecule has 1 aromatic heterocycles. The number of hydrogen-bond donors (Lipinski definition) is 0. The van der Waals surface area contributed by atoms with Crippen molar-refractivity contribution < 1.29 is 4.74 Å². The fraction of sp³-hybridized carbons (Fsp3) is 0.333. The van der Waals surface area contributed by atoms with Crippen LogP contribution in [0.25, 0.3) is 10.9 Å². The summed E-state index contributed by atoms with van der Waals surface area (Å²) in [5.74, 6) is -0.0344. The molecule has 1 aromatic carbocycles. The van der Waals surface area contributed by atoms with Crippen LogP contribution < -0.4 is 0 Å². The van der Waals surface area contributed by atoms with Crippen LogP contribution >= 0.6 is 0 Å². The van der Waals surface area contributed by atoms with Crippen molar-refractivity contribution in [2.45, 2.75) is 18.9 Å². The van der Waals surface area contributed by atoms with Crippen molar-refractivity contribution in [3.05, 3.63) is 42.1 Å². The highest BCUT2D eigenvalue weighted by Crippen LogP contribution is 2.34. The lowest BCUT2D eigenvalue weighted by molar-refractivity contribution is -0.0101. The van der Waals surface area contributed by atoms with Gasteiger partial charge in [-0.05, 0) is 36.6 Å². The highest BCUT2D eigenvalue weighted by atomic mass is 16.5. The zero-order chi connectivity index (χ0) is 12.4. The Hall–Kier alpha value is -1.92. The SMILES string of the molecule is N#CC1CCCOC1c1ccc2ncccc2c1. The van der Waals surface area contributed by atoms with E-state index in [2.05, 4.69) is 17.1 Å². The van der Waals surface area contributed by atoms with Gasteiger partial charge in [-0.1, -0.05) is 12.1 Å². The van der Waals surface area contributed by atoms with Crippen LogP contribution in [0.5, 0.6) is 0 Å². The summed E-state index contributed by atoms with van der Waals surface area (Å²) in [6.07, 6.45) is 3.60. The maximum atomic E-state index is 9.19. The minimum atomic E-state index is -0.0895. The first-order valence-corrected chi connectivity index (χ1v) is 6.24. The van der Waals surface area contributed by atoms with Gasteiger partial charge in [0, 0.05) is 18.2 Å². The highest BCUT2D eigenvalue weighted by molar-refractivity contribution is 5.79. The standard InChI is InChI=1S/C15H14N2O/c16-10-13-4-2-8-18-15(13)12-5-6-14-11(9-12)3-1-7-17-14/h1,3,5-7,9,13,15H,2,4,8H2. The van der Waals surface area contributed by atoms with Crippen molar-refractivity contribution in [2.75, 3.05) is 6.61 Å². The van der Waals surface area contributed by atoms with Gasteiger partial charge in [-0.3, -0.25) is 4.98 Å². The molecule has 90 valence electrons. The molecular formula is C15H14N2O. The Morgan fingerprint density at radius 1 is 1.33 bits per heavy atom. The highest BCUT2D eigenvalue weighted by Gasteiger charge is 2.27. The Morgan fingerprint density at radius 2 is 2.28 bits per heavy atom. The number of rotatable bonds is 1. The maximum absolute atomic E-state index is 9.19. The van der Waals surface area contributed by atoms with Crippen LogP contribution in [-0.4, -0.2) is 11.6 Å². The Morgan fingerprint density at radius 3 is 3.17 bits per heavy atom. The molecule has 2 heterocycles. The first-order valence-electron chi connectivity index (χ1n) is 6.24. The van der Waals surface area contributed by atoms with Crippen molar-refractivity contribution in [1.82, 2.24) is 4.98 Å². The van der Waals surface area contributed by atoms with Gasteiger partial charge in [0.2, 0.25) is 0 Å². The number of fused-ring (bicyclic) bond motifs is 1. The smallest absolute Gasteiger partial charge is 0.0983 e. The molecule has 0 radical (unpaired) electrons. The molecule has 1 fully saturated rings. The zero-order valence-electron chi connectivity index (χ0n) is 10.0. The van der Waals surface area contributed by atoms with Crippen molar-refractivity contribution >= 4 is 10.9 Å². The molecule has 3 nitrogen and oxygen atoms in total. The summed E-state index contributed by atoms with van der Waals surface area (Å²) < 4.78 is 5.77. The Labute approximate surface area is 106 Å². The lowest BCUT2D eigenvalue weighted by atomic mass is 9.90. The van der Waals surface area contributed by atoms with Gasteiger partial charge < -0.3 is 4.74 Å². The van der Waals surface area contributed by atoms with Crippen LogP contribution in [0, 0.1) is 17.2 Å². The van der Waals surface area contributed by atoms with Gasteiger partial charge in [-0.25, -0.2) is 0 Å². The van der Waals surface area contributed by atoms with Crippen LogP contribution in [0.4, 0.5) is 0 Å². The summed E-state index contributed by atoms with van der Waals surface area (Å²) in [7, 11) is 0. The minimum absolute atomic E-state index is 0.0344. The Kier molecular flexibility index (Phi) is 2.95. The van der Waals surface area contributed by atoms with Crippen molar-refractivity contribution in [2.24, 2.45) is 5.92 Å². The van der Waals surface area contributed by atoms with E-state index < -0.39 is 0 Å². The number of ether oxygens (including phenoxy) is 1.